The lowest BCUT2D eigenvalue weighted by molar-refractivity contribution is -0.131. The second-order valence-corrected chi connectivity index (χ2v) is 6.61. The zero-order valence-electron chi connectivity index (χ0n) is 13.3. The van der Waals surface area contributed by atoms with Gasteiger partial charge in [0.1, 0.15) is 0 Å². The fourth-order valence-electron chi connectivity index (χ4n) is 4.28. The minimum Gasteiger partial charge on any atom is -0.478 e. The second kappa shape index (κ2) is 6.99. The lowest BCUT2D eigenvalue weighted by Crippen LogP contribution is -2.55. The summed E-state index contributed by atoms with van der Waals surface area (Å²) in [6, 6.07) is 0. The van der Waals surface area contributed by atoms with Gasteiger partial charge in [0.15, 0.2) is 0 Å². The van der Waals surface area contributed by atoms with Crippen LogP contribution in [0.1, 0.15) is 26.7 Å². The summed E-state index contributed by atoms with van der Waals surface area (Å²) in [7, 11) is 0. The molecule has 2 unspecified atom stereocenters. The average molecular weight is 307 g/mol. The van der Waals surface area contributed by atoms with E-state index in [4.69, 9.17) is 9.84 Å². The molecule has 0 radical (unpaired) electrons. The lowest BCUT2D eigenvalue weighted by atomic mass is 9.59. The molecule has 0 aromatic heterocycles. The molecule has 1 N–H and O–H groups in total. The molecule has 2 aliphatic rings. The molecule has 2 rings (SSSR count). The zero-order valence-corrected chi connectivity index (χ0v) is 13.3. The topological polar surface area (TPSA) is 66.8 Å². The number of rotatable bonds is 4. The molecule has 1 aliphatic carbocycles. The van der Waals surface area contributed by atoms with E-state index in [-0.39, 0.29) is 6.09 Å². The van der Waals surface area contributed by atoms with Crippen LogP contribution in [0.5, 0.6) is 0 Å². The fourth-order valence-corrected chi connectivity index (χ4v) is 4.28. The van der Waals surface area contributed by atoms with Crippen LogP contribution < -0.4 is 0 Å². The van der Waals surface area contributed by atoms with Crippen LogP contribution in [0, 0.1) is 29.6 Å². The maximum absolute atomic E-state index is 12.0. The summed E-state index contributed by atoms with van der Waals surface area (Å²) in [4.78, 5) is 24.4. The molecule has 0 aromatic carbocycles. The van der Waals surface area contributed by atoms with Crippen molar-refractivity contribution in [1.82, 2.24) is 4.90 Å². The second-order valence-electron chi connectivity index (χ2n) is 6.61. The van der Waals surface area contributed by atoms with Crippen LogP contribution in [0.4, 0.5) is 4.79 Å². The van der Waals surface area contributed by atoms with Gasteiger partial charge in [-0.05, 0) is 42.4 Å². The highest BCUT2D eigenvalue weighted by Gasteiger charge is 2.46. The predicted molar refractivity (Wildman–Crippen MR) is 83.1 cm³/mol. The third-order valence-electron chi connectivity index (χ3n) is 5.28. The minimum absolute atomic E-state index is 0.328. The number of aliphatic carboxylic acids is 1. The van der Waals surface area contributed by atoms with Crippen LogP contribution in [0.25, 0.3) is 0 Å². The van der Waals surface area contributed by atoms with Crippen molar-refractivity contribution < 1.29 is 19.4 Å². The Kier molecular flexibility index (Phi) is 5.27. The summed E-state index contributed by atoms with van der Waals surface area (Å²) in [5, 5.41) is 8.76. The van der Waals surface area contributed by atoms with Crippen LogP contribution in [0.3, 0.4) is 0 Å². The first-order chi connectivity index (χ1) is 10.4. The number of allylic oxidation sites excluding steroid dienone is 1. The molecule has 1 saturated carbocycles. The van der Waals surface area contributed by atoms with Gasteiger partial charge >= 0.3 is 12.1 Å². The Hall–Kier alpha value is -1.78. The summed E-state index contributed by atoms with van der Waals surface area (Å²) < 4.78 is 4.92. The van der Waals surface area contributed by atoms with E-state index >= 15 is 0 Å². The third-order valence-corrected chi connectivity index (χ3v) is 5.28. The molecule has 22 heavy (non-hydrogen) atoms. The molecule has 2 bridgehead atoms. The number of nitrogens with zero attached hydrogens (tertiary/aromatic N) is 1. The molecule has 0 aromatic rings. The van der Waals surface area contributed by atoms with Gasteiger partial charge in [0.25, 0.3) is 0 Å². The van der Waals surface area contributed by atoms with E-state index in [0.29, 0.717) is 42.7 Å². The van der Waals surface area contributed by atoms with Crippen LogP contribution in [-0.4, -0.2) is 35.2 Å². The van der Waals surface area contributed by atoms with Gasteiger partial charge in [0.2, 0.25) is 0 Å². The highest BCUT2D eigenvalue weighted by molar-refractivity contribution is 5.79. The third kappa shape index (κ3) is 3.51. The van der Waals surface area contributed by atoms with Crippen molar-refractivity contribution in [1.29, 1.82) is 0 Å². The first-order valence-corrected chi connectivity index (χ1v) is 7.90. The summed E-state index contributed by atoms with van der Waals surface area (Å²) in [5.74, 6) is 1.36. The van der Waals surface area contributed by atoms with Crippen LogP contribution in [-0.2, 0) is 9.53 Å². The van der Waals surface area contributed by atoms with Gasteiger partial charge < -0.3 is 14.7 Å². The van der Waals surface area contributed by atoms with Crippen molar-refractivity contribution in [3.63, 3.8) is 0 Å². The van der Waals surface area contributed by atoms with Crippen molar-refractivity contribution in [3.8, 4) is 0 Å². The summed E-state index contributed by atoms with van der Waals surface area (Å²) in [6.07, 6.45) is 5.76. The number of hydrogen-bond acceptors (Lipinski definition) is 3. The number of likely N-dealkylation sites (tertiary alicyclic amines) is 1. The molecule has 5 nitrogen and oxygen atoms in total. The number of carboxylic acid groups (broad SMARTS) is 1. The SMILES string of the molecule is C=COC(=O)N1CC2C(CC=CC(=O)O)C(C1)[C@H](C)C[C@H]2C. The van der Waals surface area contributed by atoms with Crippen LogP contribution in [0.2, 0.25) is 0 Å². The molecule has 1 heterocycles. The molecule has 1 saturated heterocycles. The van der Waals surface area contributed by atoms with Gasteiger partial charge in [0, 0.05) is 19.2 Å². The van der Waals surface area contributed by atoms with E-state index in [1.165, 1.54) is 18.8 Å². The van der Waals surface area contributed by atoms with Gasteiger partial charge in [-0.3, -0.25) is 0 Å². The number of carbonyl (C=O) groups excluding carboxylic acids is 1. The van der Waals surface area contributed by atoms with Crippen molar-refractivity contribution in [2.24, 2.45) is 29.6 Å². The Bertz CT molecular complexity index is 455. The van der Waals surface area contributed by atoms with Crippen molar-refractivity contribution in [2.45, 2.75) is 26.7 Å². The van der Waals surface area contributed by atoms with E-state index < -0.39 is 5.97 Å². The Morgan fingerprint density at radius 1 is 1.27 bits per heavy atom. The van der Waals surface area contributed by atoms with E-state index in [0.717, 1.165) is 6.42 Å². The molecule has 1 aliphatic heterocycles. The molecule has 2 fully saturated rings. The van der Waals surface area contributed by atoms with Gasteiger partial charge in [-0.15, -0.1) is 0 Å². The predicted octanol–water partition coefficient (Wildman–Crippen LogP) is 3.14. The van der Waals surface area contributed by atoms with Crippen LogP contribution >= 0.6 is 0 Å². The number of ether oxygens (including phenoxy) is 1. The normalized spacial score (nSPS) is 34.5. The first-order valence-electron chi connectivity index (χ1n) is 7.90. The number of fused-ring (bicyclic) bond motifs is 2. The van der Waals surface area contributed by atoms with Gasteiger partial charge in [0.05, 0.1) is 6.26 Å². The average Bonchev–Trinajstić information content (AvgIpc) is 2.45. The number of carboxylic acids is 1. The number of carbonyl (C=O) groups is 2. The number of piperidine rings is 1. The van der Waals surface area contributed by atoms with Gasteiger partial charge in [-0.1, -0.05) is 26.5 Å². The summed E-state index contributed by atoms with van der Waals surface area (Å²) in [5.41, 5.74) is 0. The molecule has 1 amide bonds. The highest BCUT2D eigenvalue weighted by atomic mass is 16.5. The van der Waals surface area contributed by atoms with Gasteiger partial charge in [-0.2, -0.15) is 0 Å². The quantitative estimate of drug-likeness (QED) is 0.640. The minimum atomic E-state index is -0.904. The molecule has 122 valence electrons. The Morgan fingerprint density at radius 2 is 1.86 bits per heavy atom. The molecule has 4 atom stereocenters. The molecule has 0 spiro atoms. The first kappa shape index (κ1) is 16.6. The molecular formula is C17H25NO4. The largest absolute Gasteiger partial charge is 0.478 e. The van der Waals surface area contributed by atoms with Crippen LogP contribution in [0.15, 0.2) is 25.0 Å². The Labute approximate surface area is 131 Å². The van der Waals surface area contributed by atoms with Crippen molar-refractivity contribution in [2.75, 3.05) is 13.1 Å². The van der Waals surface area contributed by atoms with Gasteiger partial charge in [-0.25, -0.2) is 9.59 Å². The number of amides is 1. The Morgan fingerprint density at radius 3 is 2.36 bits per heavy atom. The maximum Gasteiger partial charge on any atom is 0.414 e. The maximum atomic E-state index is 12.0. The molecule has 5 heteroatoms. The fraction of sp³-hybridized carbons (Fsp3) is 0.647. The zero-order chi connectivity index (χ0) is 16.3. The highest BCUT2D eigenvalue weighted by Crippen LogP contribution is 2.47. The van der Waals surface area contributed by atoms with Crippen molar-refractivity contribution in [3.05, 3.63) is 25.0 Å². The van der Waals surface area contributed by atoms with E-state index in [2.05, 4.69) is 20.4 Å². The monoisotopic (exact) mass is 307 g/mol. The lowest BCUT2D eigenvalue weighted by Gasteiger charge is -2.52. The van der Waals surface area contributed by atoms with E-state index in [1.807, 2.05) is 0 Å². The Balaban J connectivity index is 2.13. The van der Waals surface area contributed by atoms with E-state index in [1.54, 1.807) is 11.0 Å². The summed E-state index contributed by atoms with van der Waals surface area (Å²) >= 11 is 0. The summed E-state index contributed by atoms with van der Waals surface area (Å²) in [6.45, 7) is 9.26. The van der Waals surface area contributed by atoms with E-state index in [9.17, 15) is 9.59 Å². The standard InChI is InChI=1S/C17H25NO4/c1-4-22-17(21)18-9-14-11(2)8-12(3)15(10-18)13(14)6-5-7-16(19)20/h4-5,7,11-15H,1,6,8-10H2,2-3H3,(H,19,20)/t11-,12-,13?,14?,15?/m1/s1. The smallest absolute Gasteiger partial charge is 0.414 e. The number of hydrogen-bond donors (Lipinski definition) is 1. The van der Waals surface area contributed by atoms with Crippen molar-refractivity contribution >= 4 is 12.1 Å². The molecular weight excluding hydrogens is 282 g/mol.